The van der Waals surface area contributed by atoms with Crippen LogP contribution in [0.5, 0.6) is 0 Å². The van der Waals surface area contributed by atoms with Gasteiger partial charge in [0.15, 0.2) is 8.32 Å². The monoisotopic (exact) mass is 194 g/mol. The van der Waals surface area contributed by atoms with E-state index in [-0.39, 0.29) is 0 Å². The van der Waals surface area contributed by atoms with Crippen LogP contribution in [0.2, 0.25) is 25.7 Å². The summed E-state index contributed by atoms with van der Waals surface area (Å²) in [5.41, 5.74) is 0. The van der Waals surface area contributed by atoms with E-state index in [1.807, 2.05) is 0 Å². The number of rotatable bonds is 4. The normalized spacial score (nSPS) is 15.3. The molecule has 10 heavy (non-hydrogen) atoms. The van der Waals surface area contributed by atoms with Crippen molar-refractivity contribution in [3.8, 4) is 0 Å². The average Bonchev–Trinajstić information content (AvgIpc) is 1.59. The van der Waals surface area contributed by atoms with E-state index in [0.717, 1.165) is 0 Å². The van der Waals surface area contributed by atoms with Gasteiger partial charge in [-0.05, 0) is 25.7 Å². The summed E-state index contributed by atoms with van der Waals surface area (Å²) < 4.78 is 5.82. The first kappa shape index (κ1) is 10.7. The smallest absolute Gasteiger partial charge is 0.223 e. The van der Waals surface area contributed by atoms with Crippen molar-refractivity contribution >= 4 is 28.6 Å². The van der Waals surface area contributed by atoms with E-state index >= 15 is 0 Å². The largest absolute Gasteiger partial charge is 0.450 e. The molecule has 0 aliphatic heterocycles. The molecule has 0 radical (unpaired) electrons. The molecule has 0 bridgehead atoms. The van der Waals surface area contributed by atoms with Crippen molar-refractivity contribution in [3.63, 3.8) is 0 Å². The summed E-state index contributed by atoms with van der Waals surface area (Å²) in [5, 5.41) is 0. The van der Waals surface area contributed by atoms with Gasteiger partial charge in [-0.2, -0.15) is 12.1 Å². The Bertz CT molecular complexity index is 92.2. The summed E-state index contributed by atoms with van der Waals surface area (Å²) in [6.45, 7) is 8.85. The molecule has 0 saturated carbocycles. The highest BCUT2D eigenvalue weighted by Crippen LogP contribution is 2.11. The highest BCUT2D eigenvalue weighted by Gasteiger charge is 2.18. The first-order valence-corrected chi connectivity index (χ1v) is 10.6. The second kappa shape index (κ2) is 4.59. The summed E-state index contributed by atoms with van der Waals surface area (Å²) in [7, 11) is -2.34. The minimum absolute atomic E-state index is 1.07. The van der Waals surface area contributed by atoms with E-state index in [2.05, 4.69) is 38.6 Å². The van der Waals surface area contributed by atoms with Gasteiger partial charge in [-0.15, -0.1) is 0 Å². The highest BCUT2D eigenvalue weighted by molar-refractivity contribution is 8.09. The molecule has 0 rings (SSSR count). The fraction of sp³-hybridized carbons (Fsp3) is 1.00. The lowest BCUT2D eigenvalue weighted by atomic mass is 10.6. The fourth-order valence-electron chi connectivity index (χ4n) is 0.714. The van der Waals surface area contributed by atoms with Crippen LogP contribution in [-0.2, 0) is 4.12 Å². The molecule has 0 aromatic rings. The van der Waals surface area contributed by atoms with E-state index in [9.17, 15) is 0 Å². The van der Waals surface area contributed by atoms with Crippen molar-refractivity contribution < 1.29 is 4.12 Å². The highest BCUT2D eigenvalue weighted by atomic mass is 32.3. The second-order valence-corrected chi connectivity index (χ2v) is 11.9. The van der Waals surface area contributed by atoms with Crippen LogP contribution in [0.25, 0.3) is 0 Å². The van der Waals surface area contributed by atoms with Crippen LogP contribution in [0.4, 0.5) is 0 Å². The Labute approximate surface area is 72.1 Å². The topological polar surface area (TPSA) is 9.23 Å². The number of hydrogen-bond acceptors (Lipinski definition) is 2. The zero-order chi connectivity index (χ0) is 8.20. The molecule has 62 valence electrons. The van der Waals surface area contributed by atoms with Crippen molar-refractivity contribution in [1.29, 1.82) is 0 Å². The van der Waals surface area contributed by atoms with Gasteiger partial charge >= 0.3 is 0 Å². The van der Waals surface area contributed by atoms with Crippen molar-refractivity contribution in [3.05, 3.63) is 0 Å². The molecule has 0 N–H and O–H groups in total. The van der Waals surface area contributed by atoms with Crippen LogP contribution in [0.15, 0.2) is 0 Å². The summed E-state index contributed by atoms with van der Waals surface area (Å²) >= 11 is 4.46. The molecule has 0 fully saturated rings. The predicted molar refractivity (Wildman–Crippen MR) is 55.7 cm³/mol. The minimum Gasteiger partial charge on any atom is -0.450 e. The minimum atomic E-state index is -1.27. The third-order valence-corrected chi connectivity index (χ3v) is 7.74. The SMILES string of the molecule is CCC[SiH](S)O[Si](C)(C)C. The maximum Gasteiger partial charge on any atom is 0.223 e. The maximum atomic E-state index is 5.82. The van der Waals surface area contributed by atoms with Gasteiger partial charge in [0.25, 0.3) is 0 Å². The Morgan fingerprint density at radius 3 is 2.20 bits per heavy atom. The zero-order valence-corrected chi connectivity index (χ0v) is 10.4. The lowest BCUT2D eigenvalue weighted by Gasteiger charge is -2.21. The standard InChI is InChI=1S/C6H18OSSi2/c1-5-6-9(8)7-10(2,3)4/h8-9H,5-6H2,1-4H3. The van der Waals surface area contributed by atoms with Crippen LogP contribution in [-0.4, -0.2) is 16.5 Å². The van der Waals surface area contributed by atoms with Crippen molar-refractivity contribution in [2.24, 2.45) is 0 Å². The molecule has 0 aromatic carbocycles. The number of hydrogen-bond donors (Lipinski definition) is 1. The molecule has 0 amide bonds. The first-order chi connectivity index (χ1) is 4.45. The van der Waals surface area contributed by atoms with Crippen LogP contribution in [0, 0.1) is 0 Å². The lowest BCUT2D eigenvalue weighted by Crippen LogP contribution is -2.31. The second-order valence-electron chi connectivity index (χ2n) is 3.47. The predicted octanol–water partition coefficient (Wildman–Crippen LogP) is 2.40. The van der Waals surface area contributed by atoms with Crippen molar-refractivity contribution in [2.75, 3.05) is 0 Å². The van der Waals surface area contributed by atoms with Gasteiger partial charge in [0, 0.05) is 0 Å². The summed E-state index contributed by atoms with van der Waals surface area (Å²) in [4.78, 5) is 0. The third kappa shape index (κ3) is 6.86. The Hall–Kier alpha value is 0.744. The Morgan fingerprint density at radius 1 is 1.40 bits per heavy atom. The van der Waals surface area contributed by atoms with E-state index < -0.39 is 16.5 Å². The molecule has 1 unspecified atom stereocenters. The van der Waals surface area contributed by atoms with Gasteiger partial charge in [0.05, 0.1) is 0 Å². The van der Waals surface area contributed by atoms with Gasteiger partial charge in [-0.3, -0.25) is 0 Å². The zero-order valence-electron chi connectivity index (χ0n) is 7.35. The maximum absolute atomic E-state index is 5.82. The Kier molecular flexibility index (Phi) is 4.93. The van der Waals surface area contributed by atoms with Gasteiger partial charge in [0.1, 0.15) is 0 Å². The molecular formula is C6H18OSSi2. The van der Waals surface area contributed by atoms with Gasteiger partial charge < -0.3 is 4.12 Å². The van der Waals surface area contributed by atoms with E-state index in [0.29, 0.717) is 0 Å². The summed E-state index contributed by atoms with van der Waals surface area (Å²) in [6, 6.07) is 1.20. The van der Waals surface area contributed by atoms with Gasteiger partial charge in [-0.1, -0.05) is 13.3 Å². The van der Waals surface area contributed by atoms with Crippen LogP contribution >= 0.6 is 12.1 Å². The van der Waals surface area contributed by atoms with Crippen LogP contribution in [0.1, 0.15) is 13.3 Å². The molecule has 0 spiro atoms. The summed E-state index contributed by atoms with van der Waals surface area (Å²) in [6.07, 6.45) is 1.21. The summed E-state index contributed by atoms with van der Waals surface area (Å²) in [5.74, 6) is 0. The van der Waals surface area contributed by atoms with E-state index in [4.69, 9.17) is 4.12 Å². The molecule has 0 heterocycles. The molecule has 1 nitrogen and oxygen atoms in total. The average molecular weight is 194 g/mol. The molecule has 0 aliphatic rings. The third-order valence-electron chi connectivity index (χ3n) is 1.03. The van der Waals surface area contributed by atoms with Gasteiger partial charge in [0.2, 0.25) is 8.19 Å². The molecule has 0 saturated heterocycles. The van der Waals surface area contributed by atoms with E-state index in [1.165, 1.54) is 12.5 Å². The molecule has 1 atom stereocenters. The van der Waals surface area contributed by atoms with Gasteiger partial charge in [-0.25, -0.2) is 0 Å². The first-order valence-electron chi connectivity index (χ1n) is 3.81. The van der Waals surface area contributed by atoms with Crippen molar-refractivity contribution in [1.82, 2.24) is 0 Å². The quantitative estimate of drug-likeness (QED) is 0.534. The lowest BCUT2D eigenvalue weighted by molar-refractivity contribution is 0.587. The van der Waals surface area contributed by atoms with Crippen molar-refractivity contribution in [2.45, 2.75) is 39.0 Å². The number of thiol groups is 1. The molecule has 0 aliphatic carbocycles. The Balaban J connectivity index is 3.47. The Morgan fingerprint density at radius 2 is 1.90 bits per heavy atom. The van der Waals surface area contributed by atoms with Crippen LogP contribution < -0.4 is 0 Å². The molecule has 0 aromatic heterocycles. The van der Waals surface area contributed by atoms with Crippen LogP contribution in [0.3, 0.4) is 0 Å². The molecule has 4 heteroatoms. The van der Waals surface area contributed by atoms with E-state index in [1.54, 1.807) is 0 Å². The molecular weight excluding hydrogens is 176 g/mol. The fourth-order valence-corrected chi connectivity index (χ4v) is 8.56.